The summed E-state index contributed by atoms with van der Waals surface area (Å²) in [6.07, 6.45) is -0.142. The topological polar surface area (TPSA) is 67.3 Å². The molecule has 150 valence electrons. The fourth-order valence-electron chi connectivity index (χ4n) is 3.19. The predicted octanol–water partition coefficient (Wildman–Crippen LogP) is 3.15. The zero-order chi connectivity index (χ0) is 20.1. The fraction of sp³-hybridized carbons (Fsp3) is 0.421. The second-order valence-electron chi connectivity index (χ2n) is 6.60. The summed E-state index contributed by atoms with van der Waals surface area (Å²) in [6, 6.07) is 5.36. The Bertz CT molecular complexity index is 821. The van der Waals surface area contributed by atoms with Gasteiger partial charge in [0.2, 0.25) is 5.88 Å². The van der Waals surface area contributed by atoms with Gasteiger partial charge in [-0.2, -0.15) is 13.2 Å². The zero-order valence-corrected chi connectivity index (χ0v) is 15.4. The summed E-state index contributed by atoms with van der Waals surface area (Å²) in [5.41, 5.74) is -0.326. The van der Waals surface area contributed by atoms with E-state index in [-0.39, 0.29) is 17.7 Å². The van der Waals surface area contributed by atoms with Crippen molar-refractivity contribution in [3.05, 3.63) is 47.8 Å². The van der Waals surface area contributed by atoms with Crippen molar-refractivity contribution in [2.24, 2.45) is 5.92 Å². The molecule has 0 atom stereocenters. The van der Waals surface area contributed by atoms with Crippen molar-refractivity contribution < 1.29 is 22.7 Å². The van der Waals surface area contributed by atoms with E-state index in [9.17, 15) is 18.0 Å². The van der Waals surface area contributed by atoms with Gasteiger partial charge in [-0.1, -0.05) is 0 Å². The molecule has 0 aromatic carbocycles. The number of hydrogen-bond acceptors (Lipinski definition) is 5. The first-order valence-corrected chi connectivity index (χ1v) is 8.94. The van der Waals surface area contributed by atoms with Crippen LogP contribution in [-0.2, 0) is 6.18 Å². The maximum atomic E-state index is 12.9. The van der Waals surface area contributed by atoms with Crippen LogP contribution in [-0.4, -0.2) is 42.6 Å². The van der Waals surface area contributed by atoms with E-state index in [1.165, 1.54) is 13.3 Å². The summed E-state index contributed by atoms with van der Waals surface area (Å²) in [7, 11) is 1.46. The Morgan fingerprint density at radius 1 is 1.25 bits per heavy atom. The summed E-state index contributed by atoms with van der Waals surface area (Å²) in [4.78, 5) is 22.2. The first-order valence-electron chi connectivity index (χ1n) is 8.94. The van der Waals surface area contributed by atoms with E-state index < -0.39 is 11.7 Å². The Morgan fingerprint density at radius 3 is 2.68 bits per heavy atom. The average Bonchev–Trinajstić information content (AvgIpc) is 2.72. The van der Waals surface area contributed by atoms with Gasteiger partial charge in [0, 0.05) is 32.0 Å². The molecule has 1 aliphatic rings. The lowest BCUT2D eigenvalue weighted by molar-refractivity contribution is -0.137. The van der Waals surface area contributed by atoms with Gasteiger partial charge in [-0.25, -0.2) is 9.97 Å². The van der Waals surface area contributed by atoms with Gasteiger partial charge in [0.15, 0.2) is 0 Å². The number of halogens is 3. The molecule has 3 heterocycles. The quantitative estimate of drug-likeness (QED) is 0.844. The number of amides is 1. The lowest BCUT2D eigenvalue weighted by atomic mass is 9.96. The maximum Gasteiger partial charge on any atom is 0.416 e. The van der Waals surface area contributed by atoms with Gasteiger partial charge in [-0.15, -0.1) is 0 Å². The Kier molecular flexibility index (Phi) is 6.01. The van der Waals surface area contributed by atoms with E-state index in [0.717, 1.165) is 25.0 Å². The lowest BCUT2D eigenvalue weighted by Gasteiger charge is -2.33. The van der Waals surface area contributed by atoms with Crippen LogP contribution in [0.25, 0.3) is 0 Å². The first-order chi connectivity index (χ1) is 13.4. The molecule has 1 amide bonds. The summed E-state index contributed by atoms with van der Waals surface area (Å²) in [6.45, 7) is 1.66. The number of aromatic nitrogens is 2. The number of hydrogen-bond donors (Lipinski definition) is 1. The van der Waals surface area contributed by atoms with Crippen LogP contribution in [0.3, 0.4) is 0 Å². The van der Waals surface area contributed by atoms with Gasteiger partial charge in [-0.3, -0.25) is 4.79 Å². The molecular formula is C19H21F3N4O2. The van der Waals surface area contributed by atoms with E-state index in [1.54, 1.807) is 18.3 Å². The average molecular weight is 394 g/mol. The molecule has 9 heteroatoms. The minimum absolute atomic E-state index is 0.244. The first kappa shape index (κ1) is 19.9. The second kappa shape index (κ2) is 8.45. The van der Waals surface area contributed by atoms with E-state index in [1.807, 2.05) is 4.90 Å². The van der Waals surface area contributed by atoms with Gasteiger partial charge in [-0.05, 0) is 43.0 Å². The molecular weight excluding hydrogens is 373 g/mol. The predicted molar refractivity (Wildman–Crippen MR) is 97.3 cm³/mol. The van der Waals surface area contributed by atoms with Gasteiger partial charge < -0.3 is 15.0 Å². The largest absolute Gasteiger partial charge is 0.480 e. The van der Waals surface area contributed by atoms with E-state index in [0.29, 0.717) is 31.0 Å². The van der Waals surface area contributed by atoms with Crippen LogP contribution in [0.1, 0.15) is 28.8 Å². The number of anilines is 1. The van der Waals surface area contributed by atoms with Crippen LogP contribution in [0.5, 0.6) is 5.88 Å². The number of nitrogens with one attached hydrogen (secondary N) is 1. The highest BCUT2D eigenvalue weighted by Crippen LogP contribution is 2.31. The molecule has 1 N–H and O–H groups in total. The third-order valence-electron chi connectivity index (χ3n) is 4.77. The summed E-state index contributed by atoms with van der Waals surface area (Å²) >= 11 is 0. The number of piperidine rings is 1. The Hall–Kier alpha value is -2.84. The van der Waals surface area contributed by atoms with Crippen molar-refractivity contribution in [3.63, 3.8) is 0 Å². The molecule has 0 bridgehead atoms. The van der Waals surface area contributed by atoms with Crippen molar-refractivity contribution in [1.82, 2.24) is 15.3 Å². The molecule has 1 aliphatic heterocycles. The molecule has 0 saturated carbocycles. The minimum atomic E-state index is -4.38. The van der Waals surface area contributed by atoms with Crippen LogP contribution in [0.2, 0.25) is 0 Å². The highest BCUT2D eigenvalue weighted by molar-refractivity contribution is 5.96. The summed E-state index contributed by atoms with van der Waals surface area (Å²) < 4.78 is 43.7. The molecule has 28 heavy (non-hydrogen) atoms. The van der Waals surface area contributed by atoms with E-state index in [2.05, 4.69) is 15.3 Å². The van der Waals surface area contributed by atoms with Crippen molar-refractivity contribution >= 4 is 11.7 Å². The molecule has 1 fully saturated rings. The molecule has 6 nitrogen and oxygen atoms in total. The van der Waals surface area contributed by atoms with E-state index in [4.69, 9.17) is 4.74 Å². The standard InChI is InChI=1S/C19H21F3N4O2/c1-28-18-15(3-2-7-24-18)17(27)25-12-13-5-9-26(10-6-13)16-11-14(4-8-23-16)19(20,21)22/h2-4,7-8,11,13H,5-6,9-10,12H2,1H3,(H,25,27). The normalized spacial score (nSPS) is 15.4. The third-order valence-corrected chi connectivity index (χ3v) is 4.77. The smallest absolute Gasteiger partial charge is 0.416 e. The fourth-order valence-corrected chi connectivity index (χ4v) is 3.19. The molecule has 0 spiro atoms. The van der Waals surface area contributed by atoms with Crippen LogP contribution >= 0.6 is 0 Å². The molecule has 3 rings (SSSR count). The number of ether oxygens (including phenoxy) is 1. The Morgan fingerprint density at radius 2 is 2.00 bits per heavy atom. The molecule has 0 radical (unpaired) electrons. The number of pyridine rings is 2. The lowest BCUT2D eigenvalue weighted by Crippen LogP contribution is -2.39. The summed E-state index contributed by atoms with van der Waals surface area (Å²) in [5, 5.41) is 2.89. The summed E-state index contributed by atoms with van der Waals surface area (Å²) in [5.74, 6) is 0.587. The van der Waals surface area contributed by atoms with Crippen LogP contribution in [0.4, 0.5) is 19.0 Å². The highest BCUT2D eigenvalue weighted by Gasteiger charge is 2.31. The van der Waals surface area contributed by atoms with Gasteiger partial charge >= 0.3 is 6.18 Å². The number of alkyl halides is 3. The number of carbonyl (C=O) groups is 1. The number of nitrogens with zero attached hydrogens (tertiary/aromatic N) is 3. The second-order valence-corrected chi connectivity index (χ2v) is 6.60. The number of carbonyl (C=O) groups excluding carboxylic acids is 1. The molecule has 0 aliphatic carbocycles. The van der Waals surface area contributed by atoms with Crippen LogP contribution in [0, 0.1) is 5.92 Å². The van der Waals surface area contributed by atoms with E-state index >= 15 is 0 Å². The Balaban J connectivity index is 1.53. The SMILES string of the molecule is COc1ncccc1C(=O)NCC1CCN(c2cc(C(F)(F)F)ccn2)CC1. The monoisotopic (exact) mass is 394 g/mol. The van der Waals surface area contributed by atoms with Gasteiger partial charge in [0.05, 0.1) is 12.7 Å². The third kappa shape index (κ3) is 4.71. The maximum absolute atomic E-state index is 12.9. The van der Waals surface area contributed by atoms with Gasteiger partial charge in [0.1, 0.15) is 11.4 Å². The number of rotatable bonds is 5. The van der Waals surface area contributed by atoms with Gasteiger partial charge in [0.25, 0.3) is 5.91 Å². The van der Waals surface area contributed by atoms with Crippen molar-refractivity contribution in [3.8, 4) is 5.88 Å². The molecule has 1 saturated heterocycles. The molecule has 0 unspecified atom stereocenters. The number of methoxy groups -OCH3 is 1. The zero-order valence-electron chi connectivity index (χ0n) is 15.4. The van der Waals surface area contributed by atoms with Crippen molar-refractivity contribution in [2.75, 3.05) is 31.6 Å². The molecule has 2 aromatic rings. The van der Waals surface area contributed by atoms with Crippen molar-refractivity contribution in [1.29, 1.82) is 0 Å². The highest BCUT2D eigenvalue weighted by atomic mass is 19.4. The molecule has 2 aromatic heterocycles. The Labute approximate surface area is 160 Å². The minimum Gasteiger partial charge on any atom is -0.480 e. The van der Waals surface area contributed by atoms with Crippen LogP contribution < -0.4 is 15.0 Å². The van der Waals surface area contributed by atoms with Crippen LogP contribution in [0.15, 0.2) is 36.7 Å². The van der Waals surface area contributed by atoms with Crippen molar-refractivity contribution in [2.45, 2.75) is 19.0 Å².